The molecule has 0 aliphatic carbocycles. The number of carbonyl (C=O) groups is 1. The van der Waals surface area contributed by atoms with E-state index in [9.17, 15) is 4.79 Å². The van der Waals surface area contributed by atoms with Crippen LogP contribution in [0.4, 0.5) is 0 Å². The molecule has 0 aromatic heterocycles. The van der Waals surface area contributed by atoms with Crippen LogP contribution in [0.25, 0.3) is 0 Å². The van der Waals surface area contributed by atoms with Crippen molar-refractivity contribution in [1.82, 2.24) is 5.32 Å². The molecule has 0 radical (unpaired) electrons. The maximum Gasteiger partial charge on any atom is 0.325 e. The van der Waals surface area contributed by atoms with Crippen molar-refractivity contribution in [3.63, 3.8) is 0 Å². The van der Waals surface area contributed by atoms with E-state index in [2.05, 4.69) is 5.32 Å². The Labute approximate surface area is 104 Å². The van der Waals surface area contributed by atoms with Gasteiger partial charge in [0.15, 0.2) is 0 Å². The first-order valence-electron chi connectivity index (χ1n) is 6.04. The molecule has 5 heteroatoms. The van der Waals surface area contributed by atoms with Crippen molar-refractivity contribution in [1.29, 1.82) is 0 Å². The van der Waals surface area contributed by atoms with Crippen LogP contribution in [0.3, 0.4) is 0 Å². The van der Waals surface area contributed by atoms with Crippen molar-refractivity contribution in [2.45, 2.75) is 45.9 Å². The summed E-state index contributed by atoms with van der Waals surface area (Å²) in [6.07, 6.45) is -0.0314. The van der Waals surface area contributed by atoms with E-state index >= 15 is 0 Å². The Morgan fingerprint density at radius 1 is 1.24 bits per heavy atom. The van der Waals surface area contributed by atoms with E-state index in [1.54, 1.807) is 0 Å². The third kappa shape index (κ3) is 8.12. The van der Waals surface area contributed by atoms with Gasteiger partial charge in [-0.1, -0.05) is 13.8 Å². The summed E-state index contributed by atoms with van der Waals surface area (Å²) >= 11 is 0. The predicted octanol–water partition coefficient (Wildman–Crippen LogP) is 0.968. The molecule has 5 nitrogen and oxygen atoms in total. The Hall–Kier alpha value is -0.650. The van der Waals surface area contributed by atoms with Gasteiger partial charge in [0.1, 0.15) is 6.04 Å². The molecule has 0 amide bonds. The fraction of sp³-hybridized carbons (Fsp3) is 0.917. The average Bonchev–Trinajstić information content (AvgIpc) is 2.30. The normalized spacial score (nSPS) is 14.7. The number of hydrogen-bond acceptors (Lipinski definition) is 5. The molecular weight excluding hydrogens is 222 g/mol. The Kier molecular flexibility index (Phi) is 9.03. The molecule has 0 bridgehead atoms. The Morgan fingerprint density at radius 3 is 2.35 bits per heavy atom. The Balaban J connectivity index is 4.02. The minimum absolute atomic E-state index is 0.0314. The van der Waals surface area contributed by atoms with Crippen molar-refractivity contribution in [3.05, 3.63) is 0 Å². The van der Waals surface area contributed by atoms with Crippen molar-refractivity contribution >= 4 is 5.97 Å². The van der Waals surface area contributed by atoms with Crippen molar-refractivity contribution in [3.8, 4) is 0 Å². The molecule has 102 valence electrons. The van der Waals surface area contributed by atoms with Crippen molar-refractivity contribution in [2.24, 2.45) is 0 Å². The molecule has 2 atom stereocenters. The summed E-state index contributed by atoms with van der Waals surface area (Å²) in [6, 6.07) is -0.228. The third-order valence-corrected chi connectivity index (χ3v) is 2.12. The van der Waals surface area contributed by atoms with Crippen LogP contribution < -0.4 is 5.32 Å². The summed E-state index contributed by atoms with van der Waals surface area (Å²) in [5.74, 6) is -0.303. The van der Waals surface area contributed by atoms with Gasteiger partial charge < -0.3 is 19.5 Å². The molecule has 0 fully saturated rings. The van der Waals surface area contributed by atoms with Gasteiger partial charge in [0, 0.05) is 12.6 Å². The van der Waals surface area contributed by atoms with Gasteiger partial charge in [-0.15, -0.1) is 0 Å². The van der Waals surface area contributed by atoms with Gasteiger partial charge in [-0.05, 0) is 13.8 Å². The molecule has 0 saturated carbocycles. The van der Waals surface area contributed by atoms with E-state index in [-0.39, 0.29) is 18.1 Å². The predicted molar refractivity (Wildman–Crippen MR) is 66.0 cm³/mol. The molecule has 0 rings (SSSR count). The van der Waals surface area contributed by atoms with Gasteiger partial charge >= 0.3 is 5.97 Å². The van der Waals surface area contributed by atoms with Crippen LogP contribution in [0.1, 0.15) is 27.7 Å². The van der Waals surface area contributed by atoms with E-state index in [0.29, 0.717) is 19.8 Å². The molecule has 0 aromatic carbocycles. The summed E-state index contributed by atoms with van der Waals surface area (Å²) < 4.78 is 15.5. The molecule has 0 aliphatic rings. The molecule has 1 N–H and O–H groups in total. The first kappa shape index (κ1) is 16.4. The number of rotatable bonds is 9. The number of nitrogens with one attached hydrogen (secondary N) is 1. The lowest BCUT2D eigenvalue weighted by atomic mass is 10.2. The Morgan fingerprint density at radius 2 is 1.88 bits per heavy atom. The van der Waals surface area contributed by atoms with E-state index in [1.165, 1.54) is 7.11 Å². The molecule has 0 aromatic rings. The maximum atomic E-state index is 11.5. The summed E-state index contributed by atoms with van der Waals surface area (Å²) in [5, 5.41) is 3.10. The quantitative estimate of drug-likeness (QED) is 0.615. The number of ether oxygens (including phenoxy) is 3. The summed E-state index contributed by atoms with van der Waals surface area (Å²) in [7, 11) is 1.38. The smallest absolute Gasteiger partial charge is 0.325 e. The van der Waals surface area contributed by atoms with E-state index in [4.69, 9.17) is 14.2 Å². The average molecular weight is 247 g/mol. The molecule has 0 spiro atoms. The van der Waals surface area contributed by atoms with Crippen LogP contribution in [0.15, 0.2) is 0 Å². The molecule has 0 saturated heterocycles. The van der Waals surface area contributed by atoms with Crippen LogP contribution in [0, 0.1) is 0 Å². The monoisotopic (exact) mass is 247 g/mol. The summed E-state index contributed by atoms with van der Waals surface area (Å²) in [5.41, 5.74) is 0. The van der Waals surface area contributed by atoms with Gasteiger partial charge in [0.25, 0.3) is 0 Å². The van der Waals surface area contributed by atoms with Crippen molar-refractivity contribution in [2.75, 3.05) is 26.9 Å². The lowest BCUT2D eigenvalue weighted by Crippen LogP contribution is -2.45. The molecule has 0 heterocycles. The largest absolute Gasteiger partial charge is 0.468 e. The lowest BCUT2D eigenvalue weighted by molar-refractivity contribution is -0.146. The topological polar surface area (TPSA) is 56.8 Å². The lowest BCUT2D eigenvalue weighted by Gasteiger charge is -2.21. The fourth-order valence-electron chi connectivity index (χ4n) is 1.32. The van der Waals surface area contributed by atoms with Gasteiger partial charge in [-0.25, -0.2) is 0 Å². The second-order valence-corrected chi connectivity index (χ2v) is 4.20. The molecular formula is C12H25NO4. The first-order chi connectivity index (χ1) is 8.01. The van der Waals surface area contributed by atoms with Gasteiger partial charge in [0.05, 0.1) is 26.4 Å². The van der Waals surface area contributed by atoms with Crippen LogP contribution in [0.5, 0.6) is 0 Å². The summed E-state index contributed by atoms with van der Waals surface area (Å²) in [6.45, 7) is 9.28. The fourth-order valence-corrected chi connectivity index (χ4v) is 1.32. The molecule has 17 heavy (non-hydrogen) atoms. The van der Waals surface area contributed by atoms with Crippen LogP contribution in [-0.4, -0.2) is 51.1 Å². The zero-order chi connectivity index (χ0) is 13.3. The SMILES string of the molecule is CCOCC(C)OCC(NC(C)C)C(=O)OC. The van der Waals surface area contributed by atoms with Gasteiger partial charge in [-0.3, -0.25) is 4.79 Å². The third-order valence-electron chi connectivity index (χ3n) is 2.12. The zero-order valence-corrected chi connectivity index (χ0v) is 11.5. The minimum atomic E-state index is -0.427. The van der Waals surface area contributed by atoms with E-state index in [0.717, 1.165) is 0 Å². The highest BCUT2D eigenvalue weighted by Gasteiger charge is 2.20. The van der Waals surface area contributed by atoms with E-state index < -0.39 is 6.04 Å². The number of esters is 1. The molecule has 0 aliphatic heterocycles. The highest BCUT2D eigenvalue weighted by Crippen LogP contribution is 1.98. The first-order valence-corrected chi connectivity index (χ1v) is 6.04. The van der Waals surface area contributed by atoms with Crippen molar-refractivity contribution < 1.29 is 19.0 Å². The molecule has 2 unspecified atom stereocenters. The van der Waals surface area contributed by atoms with Crippen LogP contribution in [0.2, 0.25) is 0 Å². The minimum Gasteiger partial charge on any atom is -0.468 e. The zero-order valence-electron chi connectivity index (χ0n) is 11.5. The van der Waals surface area contributed by atoms with Crippen LogP contribution in [-0.2, 0) is 19.0 Å². The second kappa shape index (κ2) is 9.39. The highest BCUT2D eigenvalue weighted by atomic mass is 16.5. The van der Waals surface area contributed by atoms with Crippen LogP contribution >= 0.6 is 0 Å². The van der Waals surface area contributed by atoms with Gasteiger partial charge in [-0.2, -0.15) is 0 Å². The second-order valence-electron chi connectivity index (χ2n) is 4.20. The summed E-state index contributed by atoms with van der Waals surface area (Å²) in [4.78, 5) is 11.5. The number of hydrogen-bond donors (Lipinski definition) is 1. The highest BCUT2D eigenvalue weighted by molar-refractivity contribution is 5.75. The van der Waals surface area contributed by atoms with E-state index in [1.807, 2.05) is 27.7 Å². The maximum absolute atomic E-state index is 11.5. The Bertz CT molecular complexity index is 209. The number of methoxy groups -OCH3 is 1. The number of carbonyl (C=O) groups excluding carboxylic acids is 1. The van der Waals surface area contributed by atoms with Gasteiger partial charge in [0.2, 0.25) is 0 Å². The standard InChI is InChI=1S/C12H25NO4/c1-6-16-7-10(4)17-8-11(12(14)15-5)13-9(2)3/h9-11,13H,6-8H2,1-5H3.